The zero-order valence-electron chi connectivity index (χ0n) is 8.49. The molecule has 1 N–H and O–H groups in total. The van der Waals surface area contributed by atoms with Crippen LogP contribution in [0.5, 0.6) is 0 Å². The Hall–Kier alpha value is -0.960. The molecule has 0 heterocycles. The molecule has 0 saturated carbocycles. The predicted molar refractivity (Wildman–Crippen MR) is 60.1 cm³/mol. The van der Waals surface area contributed by atoms with Crippen LogP contribution in [0.2, 0.25) is 0 Å². The summed E-state index contributed by atoms with van der Waals surface area (Å²) >= 11 is 0. The van der Waals surface area contributed by atoms with Gasteiger partial charge in [-0.1, -0.05) is 0 Å². The van der Waals surface area contributed by atoms with Crippen LogP contribution in [0.25, 0.3) is 0 Å². The lowest BCUT2D eigenvalue weighted by atomic mass is 10.2. The standard InChI is InChI=1S/C11H14O2S/c1-3-14(4-2)10-7-5-9(6-8-10)11(12)13/h5-8H,3-4H2,1-2H3/p+1. The van der Waals surface area contributed by atoms with Crippen molar-refractivity contribution in [3.05, 3.63) is 29.8 Å². The SMILES string of the molecule is CC[S+](CC)c1ccc(C(=O)O)cc1. The molecule has 0 aliphatic carbocycles. The minimum Gasteiger partial charge on any atom is -0.478 e. The van der Waals surface area contributed by atoms with Gasteiger partial charge >= 0.3 is 5.97 Å². The molecule has 0 amide bonds. The van der Waals surface area contributed by atoms with Crippen molar-refractivity contribution < 1.29 is 9.90 Å². The summed E-state index contributed by atoms with van der Waals surface area (Å²) < 4.78 is 0. The van der Waals surface area contributed by atoms with E-state index in [1.807, 2.05) is 12.1 Å². The molecule has 0 spiro atoms. The zero-order valence-corrected chi connectivity index (χ0v) is 9.30. The Bertz CT molecular complexity index is 302. The van der Waals surface area contributed by atoms with E-state index in [2.05, 4.69) is 13.8 Å². The van der Waals surface area contributed by atoms with Crippen molar-refractivity contribution in [3.8, 4) is 0 Å². The third-order valence-electron chi connectivity index (χ3n) is 2.13. The molecule has 1 aromatic rings. The third-order valence-corrected chi connectivity index (χ3v) is 4.46. The Morgan fingerprint density at radius 2 is 1.71 bits per heavy atom. The maximum atomic E-state index is 10.6. The largest absolute Gasteiger partial charge is 0.478 e. The molecular formula is C11H15O2S+. The van der Waals surface area contributed by atoms with Gasteiger partial charge in [-0.2, -0.15) is 0 Å². The number of hydrogen-bond acceptors (Lipinski definition) is 1. The quantitative estimate of drug-likeness (QED) is 0.776. The highest BCUT2D eigenvalue weighted by molar-refractivity contribution is 7.96. The van der Waals surface area contributed by atoms with E-state index in [-0.39, 0.29) is 10.9 Å². The highest BCUT2D eigenvalue weighted by Crippen LogP contribution is 2.14. The average Bonchev–Trinajstić information content (AvgIpc) is 2.20. The fourth-order valence-electron chi connectivity index (χ4n) is 1.33. The van der Waals surface area contributed by atoms with Crippen LogP contribution in [0.3, 0.4) is 0 Å². The van der Waals surface area contributed by atoms with Crippen molar-refractivity contribution in [1.82, 2.24) is 0 Å². The van der Waals surface area contributed by atoms with E-state index in [1.54, 1.807) is 12.1 Å². The summed E-state index contributed by atoms with van der Waals surface area (Å²) in [6.45, 7) is 4.33. The van der Waals surface area contributed by atoms with Crippen molar-refractivity contribution in [2.45, 2.75) is 18.7 Å². The first-order valence-electron chi connectivity index (χ1n) is 4.69. The van der Waals surface area contributed by atoms with Gasteiger partial charge in [0.1, 0.15) is 11.5 Å². The number of carbonyl (C=O) groups is 1. The molecule has 76 valence electrons. The molecule has 0 bridgehead atoms. The average molecular weight is 211 g/mol. The summed E-state index contributed by atoms with van der Waals surface area (Å²) in [4.78, 5) is 11.9. The van der Waals surface area contributed by atoms with Gasteiger partial charge in [0.25, 0.3) is 0 Å². The summed E-state index contributed by atoms with van der Waals surface area (Å²) in [5, 5.41) is 8.73. The molecular weight excluding hydrogens is 196 g/mol. The molecule has 1 rings (SSSR count). The molecule has 0 fully saturated rings. The van der Waals surface area contributed by atoms with Crippen LogP contribution in [0, 0.1) is 0 Å². The van der Waals surface area contributed by atoms with Crippen LogP contribution in [0.4, 0.5) is 0 Å². The second kappa shape index (κ2) is 5.05. The van der Waals surface area contributed by atoms with E-state index in [0.717, 1.165) is 11.5 Å². The lowest BCUT2D eigenvalue weighted by Crippen LogP contribution is -2.08. The van der Waals surface area contributed by atoms with Gasteiger partial charge in [-0.15, -0.1) is 0 Å². The molecule has 3 heteroatoms. The number of benzene rings is 1. The number of carboxylic acid groups (broad SMARTS) is 1. The molecule has 1 aromatic carbocycles. The van der Waals surface area contributed by atoms with Crippen molar-refractivity contribution in [1.29, 1.82) is 0 Å². The molecule has 0 saturated heterocycles. The van der Waals surface area contributed by atoms with Gasteiger partial charge in [0, 0.05) is 10.9 Å². The summed E-state index contributed by atoms with van der Waals surface area (Å²) in [5.74, 6) is 1.40. The van der Waals surface area contributed by atoms with Gasteiger partial charge in [0.05, 0.1) is 5.56 Å². The lowest BCUT2D eigenvalue weighted by Gasteiger charge is -2.02. The normalized spacial score (nSPS) is 10.5. The maximum Gasteiger partial charge on any atom is 0.335 e. The first kappa shape index (κ1) is 11.1. The maximum absolute atomic E-state index is 10.6. The Labute approximate surface area is 87.3 Å². The number of rotatable bonds is 4. The van der Waals surface area contributed by atoms with Crippen LogP contribution in [0.1, 0.15) is 24.2 Å². The highest BCUT2D eigenvalue weighted by atomic mass is 32.2. The van der Waals surface area contributed by atoms with Gasteiger partial charge in [-0.25, -0.2) is 4.79 Å². The Morgan fingerprint density at radius 3 is 2.07 bits per heavy atom. The first-order valence-corrected chi connectivity index (χ1v) is 6.26. The molecule has 0 radical (unpaired) electrons. The Balaban J connectivity index is 2.87. The molecule has 0 atom stereocenters. The number of hydrogen-bond donors (Lipinski definition) is 1. The van der Waals surface area contributed by atoms with Crippen molar-refractivity contribution in [3.63, 3.8) is 0 Å². The van der Waals surface area contributed by atoms with E-state index in [1.165, 1.54) is 4.90 Å². The monoisotopic (exact) mass is 211 g/mol. The molecule has 0 aliphatic rings. The number of carboxylic acids is 1. The van der Waals surface area contributed by atoms with Crippen LogP contribution >= 0.6 is 0 Å². The minimum absolute atomic E-state index is 0.284. The highest BCUT2D eigenvalue weighted by Gasteiger charge is 2.16. The van der Waals surface area contributed by atoms with Crippen LogP contribution in [0.15, 0.2) is 29.2 Å². The fraction of sp³-hybridized carbons (Fsp3) is 0.364. The molecule has 0 aliphatic heterocycles. The Morgan fingerprint density at radius 1 is 1.21 bits per heavy atom. The summed E-state index contributed by atoms with van der Waals surface area (Å²) in [6, 6.07) is 7.23. The third kappa shape index (κ3) is 2.51. The molecule has 0 unspecified atom stereocenters. The van der Waals surface area contributed by atoms with E-state index >= 15 is 0 Å². The van der Waals surface area contributed by atoms with Crippen molar-refractivity contribution >= 4 is 16.9 Å². The second-order valence-electron chi connectivity index (χ2n) is 2.90. The molecule has 14 heavy (non-hydrogen) atoms. The molecule has 0 aromatic heterocycles. The van der Waals surface area contributed by atoms with Crippen molar-refractivity contribution in [2.24, 2.45) is 0 Å². The Kier molecular flexibility index (Phi) is 4.01. The minimum atomic E-state index is -0.857. The fourth-order valence-corrected chi connectivity index (χ4v) is 2.92. The second-order valence-corrected chi connectivity index (χ2v) is 5.51. The topological polar surface area (TPSA) is 37.3 Å². The van der Waals surface area contributed by atoms with Crippen LogP contribution < -0.4 is 0 Å². The van der Waals surface area contributed by atoms with E-state index < -0.39 is 5.97 Å². The van der Waals surface area contributed by atoms with E-state index in [9.17, 15) is 4.79 Å². The van der Waals surface area contributed by atoms with Gasteiger partial charge in [-0.3, -0.25) is 0 Å². The van der Waals surface area contributed by atoms with E-state index in [4.69, 9.17) is 5.11 Å². The zero-order chi connectivity index (χ0) is 10.6. The predicted octanol–water partition coefficient (Wildman–Crippen LogP) is 2.40. The first-order chi connectivity index (χ1) is 6.69. The lowest BCUT2D eigenvalue weighted by molar-refractivity contribution is 0.0697. The molecule has 2 nitrogen and oxygen atoms in total. The van der Waals surface area contributed by atoms with Crippen molar-refractivity contribution in [2.75, 3.05) is 11.5 Å². The summed E-state index contributed by atoms with van der Waals surface area (Å²) in [6.07, 6.45) is 0. The summed E-state index contributed by atoms with van der Waals surface area (Å²) in [5.41, 5.74) is 0.365. The smallest absolute Gasteiger partial charge is 0.335 e. The van der Waals surface area contributed by atoms with Gasteiger partial charge in [0.2, 0.25) is 0 Å². The summed E-state index contributed by atoms with van der Waals surface area (Å²) in [7, 11) is 0.284. The van der Waals surface area contributed by atoms with Gasteiger partial charge in [0.15, 0.2) is 4.90 Å². The van der Waals surface area contributed by atoms with Gasteiger partial charge in [-0.05, 0) is 38.1 Å². The van der Waals surface area contributed by atoms with Gasteiger partial charge < -0.3 is 5.11 Å². The van der Waals surface area contributed by atoms with Crippen LogP contribution in [-0.4, -0.2) is 22.6 Å². The van der Waals surface area contributed by atoms with E-state index in [0.29, 0.717) is 5.56 Å². The van der Waals surface area contributed by atoms with Crippen LogP contribution in [-0.2, 0) is 10.9 Å². The number of aromatic carboxylic acids is 1.